The van der Waals surface area contributed by atoms with E-state index in [0.29, 0.717) is 19.0 Å². The largest absolute Gasteiger partial charge is 0.494 e. The third kappa shape index (κ3) is 2.78. The molecule has 0 fully saturated rings. The summed E-state index contributed by atoms with van der Waals surface area (Å²) in [5.41, 5.74) is 2.95. The first-order valence-electron chi connectivity index (χ1n) is 9.07. The van der Waals surface area contributed by atoms with Crippen LogP contribution in [0.5, 0.6) is 5.75 Å². The number of fused-ring (bicyclic) bond motifs is 5. The van der Waals surface area contributed by atoms with Gasteiger partial charge in [0.05, 0.1) is 24.2 Å². The Hall–Kier alpha value is -2.51. The fraction of sp³-hybridized carbons (Fsp3) is 0.350. The average Bonchev–Trinajstić information content (AvgIpc) is 3.22. The van der Waals surface area contributed by atoms with Crippen molar-refractivity contribution in [3.05, 3.63) is 41.0 Å². The number of rotatable bonds is 3. The van der Waals surface area contributed by atoms with E-state index >= 15 is 0 Å². The number of ether oxygens (including phenoxy) is 2. The van der Waals surface area contributed by atoms with Gasteiger partial charge in [-0.05, 0) is 50.6 Å². The van der Waals surface area contributed by atoms with E-state index in [1.807, 2.05) is 31.2 Å². The Kier molecular flexibility index (Phi) is 3.70. The highest BCUT2D eigenvalue weighted by molar-refractivity contribution is 7.19. The number of aromatic nitrogens is 4. The van der Waals surface area contributed by atoms with Crippen molar-refractivity contribution < 1.29 is 9.47 Å². The van der Waals surface area contributed by atoms with E-state index in [9.17, 15) is 0 Å². The van der Waals surface area contributed by atoms with E-state index in [4.69, 9.17) is 14.5 Å². The van der Waals surface area contributed by atoms with Crippen LogP contribution in [0.15, 0.2) is 30.6 Å². The quantitative estimate of drug-likeness (QED) is 0.532. The molecule has 0 aliphatic carbocycles. The van der Waals surface area contributed by atoms with E-state index in [1.54, 1.807) is 22.2 Å². The van der Waals surface area contributed by atoms with Crippen molar-refractivity contribution in [2.24, 2.45) is 0 Å². The van der Waals surface area contributed by atoms with Gasteiger partial charge in [0.1, 0.15) is 16.9 Å². The Balaban J connectivity index is 1.65. The molecule has 1 aromatic carbocycles. The summed E-state index contributed by atoms with van der Waals surface area (Å²) in [6.45, 7) is 7.52. The monoisotopic (exact) mass is 380 g/mol. The van der Waals surface area contributed by atoms with E-state index < -0.39 is 0 Å². The third-order valence-electron chi connectivity index (χ3n) is 4.83. The number of thiophene rings is 1. The highest BCUT2D eigenvalue weighted by atomic mass is 32.1. The molecule has 0 spiro atoms. The van der Waals surface area contributed by atoms with Crippen molar-refractivity contribution >= 4 is 27.2 Å². The van der Waals surface area contributed by atoms with Crippen LogP contribution in [0, 0.1) is 0 Å². The lowest BCUT2D eigenvalue weighted by molar-refractivity contribution is -0.0379. The second kappa shape index (κ2) is 6.00. The Morgan fingerprint density at radius 1 is 1.26 bits per heavy atom. The van der Waals surface area contributed by atoms with E-state index in [0.717, 1.165) is 33.6 Å². The van der Waals surface area contributed by atoms with Crippen LogP contribution in [-0.2, 0) is 17.8 Å². The molecule has 3 aromatic heterocycles. The van der Waals surface area contributed by atoms with Gasteiger partial charge in [-0.3, -0.25) is 0 Å². The maximum atomic E-state index is 5.97. The molecule has 7 heteroatoms. The Morgan fingerprint density at radius 3 is 2.85 bits per heavy atom. The highest BCUT2D eigenvalue weighted by Crippen LogP contribution is 2.39. The molecular formula is C20H20N4O2S. The van der Waals surface area contributed by atoms with Gasteiger partial charge in [-0.2, -0.15) is 0 Å². The average molecular weight is 380 g/mol. The molecule has 1 aliphatic heterocycles. The van der Waals surface area contributed by atoms with E-state index in [-0.39, 0.29) is 5.60 Å². The standard InChI is InChI=1S/C20H20N4O2S/c1-4-25-13-7-5-12(6-8-13)17-22-18-16-14-9-20(2,3)26-10-15(14)27-19(16)21-11-24(18)23-17/h5-8,11H,4,9-10H2,1-3H3. The summed E-state index contributed by atoms with van der Waals surface area (Å²) < 4.78 is 13.3. The first-order valence-corrected chi connectivity index (χ1v) is 9.88. The summed E-state index contributed by atoms with van der Waals surface area (Å²) >= 11 is 1.69. The Labute approximate surface area is 160 Å². The van der Waals surface area contributed by atoms with Crippen LogP contribution in [0.3, 0.4) is 0 Å². The SMILES string of the molecule is CCOc1ccc(-c2nc3c4c5c(sc4ncn3n2)COC(C)(C)C5)cc1. The molecule has 0 saturated heterocycles. The van der Waals surface area contributed by atoms with Crippen LogP contribution in [0.25, 0.3) is 27.3 Å². The van der Waals surface area contributed by atoms with Crippen molar-refractivity contribution in [1.29, 1.82) is 0 Å². The van der Waals surface area contributed by atoms with Crippen LogP contribution < -0.4 is 4.74 Å². The number of hydrogen-bond donors (Lipinski definition) is 0. The van der Waals surface area contributed by atoms with Crippen molar-refractivity contribution in [2.75, 3.05) is 6.61 Å². The van der Waals surface area contributed by atoms with Crippen molar-refractivity contribution in [2.45, 2.75) is 39.4 Å². The molecule has 6 nitrogen and oxygen atoms in total. The number of nitrogens with zero attached hydrogens (tertiary/aromatic N) is 4. The van der Waals surface area contributed by atoms with Crippen LogP contribution in [0.4, 0.5) is 0 Å². The maximum Gasteiger partial charge on any atom is 0.182 e. The molecule has 0 N–H and O–H groups in total. The zero-order valence-electron chi connectivity index (χ0n) is 15.5. The number of benzene rings is 1. The summed E-state index contributed by atoms with van der Waals surface area (Å²) in [7, 11) is 0. The Bertz CT molecular complexity index is 1140. The Morgan fingerprint density at radius 2 is 2.07 bits per heavy atom. The molecule has 0 amide bonds. The summed E-state index contributed by atoms with van der Waals surface area (Å²) in [4.78, 5) is 11.7. The summed E-state index contributed by atoms with van der Waals surface area (Å²) in [5.74, 6) is 1.54. The lowest BCUT2D eigenvalue weighted by Crippen LogP contribution is -2.31. The van der Waals surface area contributed by atoms with Crippen molar-refractivity contribution in [3.8, 4) is 17.1 Å². The van der Waals surface area contributed by atoms with Gasteiger partial charge in [0.15, 0.2) is 11.5 Å². The van der Waals surface area contributed by atoms with E-state index in [1.165, 1.54) is 10.4 Å². The van der Waals surface area contributed by atoms with Gasteiger partial charge in [0.25, 0.3) is 0 Å². The van der Waals surface area contributed by atoms with Gasteiger partial charge < -0.3 is 9.47 Å². The van der Waals surface area contributed by atoms with Gasteiger partial charge >= 0.3 is 0 Å². The summed E-state index contributed by atoms with van der Waals surface area (Å²) in [6.07, 6.45) is 2.60. The molecule has 1 aliphatic rings. The minimum Gasteiger partial charge on any atom is -0.494 e. The second-order valence-electron chi connectivity index (χ2n) is 7.31. The lowest BCUT2D eigenvalue weighted by atomic mass is 9.94. The van der Waals surface area contributed by atoms with Crippen LogP contribution in [0.2, 0.25) is 0 Å². The molecule has 0 radical (unpaired) electrons. The third-order valence-corrected chi connectivity index (χ3v) is 5.94. The smallest absolute Gasteiger partial charge is 0.182 e. The molecule has 0 bridgehead atoms. The maximum absolute atomic E-state index is 5.97. The second-order valence-corrected chi connectivity index (χ2v) is 8.40. The highest BCUT2D eigenvalue weighted by Gasteiger charge is 2.30. The molecule has 4 heterocycles. The molecule has 0 atom stereocenters. The van der Waals surface area contributed by atoms with Crippen LogP contribution >= 0.6 is 11.3 Å². The predicted octanol–water partition coefficient (Wildman–Crippen LogP) is 4.26. The zero-order chi connectivity index (χ0) is 18.6. The van der Waals surface area contributed by atoms with Gasteiger partial charge in [0, 0.05) is 16.9 Å². The summed E-state index contributed by atoms with van der Waals surface area (Å²) in [5, 5.41) is 5.76. The molecule has 27 heavy (non-hydrogen) atoms. The molecule has 5 rings (SSSR count). The van der Waals surface area contributed by atoms with Crippen molar-refractivity contribution in [3.63, 3.8) is 0 Å². The normalized spacial score (nSPS) is 16.0. The molecule has 4 aromatic rings. The first-order chi connectivity index (χ1) is 13.0. The fourth-order valence-corrected chi connectivity index (χ4v) is 4.60. The molecule has 138 valence electrons. The zero-order valence-corrected chi connectivity index (χ0v) is 16.3. The van der Waals surface area contributed by atoms with Crippen LogP contribution in [0.1, 0.15) is 31.2 Å². The minimum absolute atomic E-state index is 0.175. The van der Waals surface area contributed by atoms with E-state index in [2.05, 4.69) is 23.9 Å². The van der Waals surface area contributed by atoms with Gasteiger partial charge in [0.2, 0.25) is 0 Å². The predicted molar refractivity (Wildman–Crippen MR) is 105 cm³/mol. The lowest BCUT2D eigenvalue weighted by Gasteiger charge is -2.30. The number of hydrogen-bond acceptors (Lipinski definition) is 6. The topological polar surface area (TPSA) is 61.5 Å². The van der Waals surface area contributed by atoms with Gasteiger partial charge in [-0.25, -0.2) is 14.5 Å². The molecule has 0 saturated carbocycles. The first kappa shape index (κ1) is 16.6. The summed E-state index contributed by atoms with van der Waals surface area (Å²) in [6, 6.07) is 7.88. The van der Waals surface area contributed by atoms with Gasteiger partial charge in [-0.1, -0.05) is 0 Å². The van der Waals surface area contributed by atoms with Crippen molar-refractivity contribution in [1.82, 2.24) is 19.6 Å². The van der Waals surface area contributed by atoms with Crippen LogP contribution in [-0.4, -0.2) is 31.8 Å². The molecule has 0 unspecified atom stereocenters. The molecular weight excluding hydrogens is 360 g/mol. The minimum atomic E-state index is -0.175. The fourth-order valence-electron chi connectivity index (χ4n) is 3.53. The van der Waals surface area contributed by atoms with Gasteiger partial charge in [-0.15, -0.1) is 16.4 Å².